The van der Waals surface area contributed by atoms with E-state index in [1.165, 1.54) is 6.92 Å². The maximum Gasteiger partial charge on any atom is 0.329 e. The van der Waals surface area contributed by atoms with E-state index in [-0.39, 0.29) is 18.2 Å². The predicted molar refractivity (Wildman–Crippen MR) is 84.6 cm³/mol. The van der Waals surface area contributed by atoms with Crippen molar-refractivity contribution in [3.63, 3.8) is 0 Å². The standard InChI is InChI=1S/C17H22N2O4/c1-12(20)18-14(13-7-3-2-4-8-13)11-15(21)19-17(16(22)23)9-5-6-10-17/h2-4,7-8,14H,5-6,9-11H2,1H3,(H,18,20)(H,19,21)(H,22,23). The van der Waals surface area contributed by atoms with Crippen molar-refractivity contribution >= 4 is 17.8 Å². The van der Waals surface area contributed by atoms with E-state index >= 15 is 0 Å². The first-order chi connectivity index (χ1) is 10.9. The SMILES string of the molecule is CC(=O)NC(CC(=O)NC1(C(=O)O)CCCC1)c1ccccc1. The first-order valence-electron chi connectivity index (χ1n) is 7.79. The van der Waals surface area contributed by atoms with E-state index in [0.29, 0.717) is 12.8 Å². The maximum absolute atomic E-state index is 12.3. The normalized spacial score (nSPS) is 17.3. The van der Waals surface area contributed by atoms with Crippen molar-refractivity contribution < 1.29 is 19.5 Å². The first-order valence-corrected chi connectivity index (χ1v) is 7.79. The highest BCUT2D eigenvalue weighted by molar-refractivity contribution is 5.88. The Morgan fingerprint density at radius 3 is 2.30 bits per heavy atom. The third kappa shape index (κ3) is 4.31. The van der Waals surface area contributed by atoms with Crippen LogP contribution in [0.4, 0.5) is 0 Å². The smallest absolute Gasteiger partial charge is 0.329 e. The Hall–Kier alpha value is -2.37. The molecule has 0 heterocycles. The van der Waals surface area contributed by atoms with Crippen LogP contribution in [0.1, 0.15) is 50.6 Å². The second-order valence-electron chi connectivity index (χ2n) is 6.01. The lowest BCUT2D eigenvalue weighted by molar-refractivity contribution is -0.147. The van der Waals surface area contributed by atoms with Crippen LogP contribution < -0.4 is 10.6 Å². The summed E-state index contributed by atoms with van der Waals surface area (Å²) < 4.78 is 0. The average molecular weight is 318 g/mol. The molecule has 1 unspecified atom stereocenters. The van der Waals surface area contributed by atoms with Crippen LogP contribution in [0.5, 0.6) is 0 Å². The molecule has 0 bridgehead atoms. The van der Waals surface area contributed by atoms with Gasteiger partial charge in [0.15, 0.2) is 0 Å². The summed E-state index contributed by atoms with van der Waals surface area (Å²) in [5, 5.41) is 14.8. The molecule has 0 spiro atoms. The topological polar surface area (TPSA) is 95.5 Å². The molecule has 0 aliphatic heterocycles. The van der Waals surface area contributed by atoms with Gasteiger partial charge in [0, 0.05) is 6.92 Å². The fourth-order valence-electron chi connectivity index (χ4n) is 3.06. The van der Waals surface area contributed by atoms with Gasteiger partial charge in [-0.05, 0) is 18.4 Å². The zero-order valence-corrected chi connectivity index (χ0v) is 13.2. The monoisotopic (exact) mass is 318 g/mol. The summed E-state index contributed by atoms with van der Waals surface area (Å²) in [5.74, 6) is -1.59. The van der Waals surface area contributed by atoms with Crippen LogP contribution in [0, 0.1) is 0 Å². The quantitative estimate of drug-likeness (QED) is 0.745. The van der Waals surface area contributed by atoms with Gasteiger partial charge in [-0.25, -0.2) is 4.79 Å². The summed E-state index contributed by atoms with van der Waals surface area (Å²) in [6, 6.07) is 8.70. The zero-order chi connectivity index (χ0) is 16.9. The van der Waals surface area contributed by atoms with E-state index in [1.54, 1.807) is 0 Å². The van der Waals surface area contributed by atoms with Crippen molar-refractivity contribution in [2.75, 3.05) is 0 Å². The lowest BCUT2D eigenvalue weighted by Crippen LogP contribution is -2.53. The molecular formula is C17H22N2O4. The van der Waals surface area contributed by atoms with Crippen LogP contribution in [-0.2, 0) is 14.4 Å². The van der Waals surface area contributed by atoms with Gasteiger partial charge in [-0.2, -0.15) is 0 Å². The number of carboxylic acid groups (broad SMARTS) is 1. The number of carbonyl (C=O) groups excluding carboxylic acids is 2. The molecular weight excluding hydrogens is 296 g/mol. The summed E-state index contributed by atoms with van der Waals surface area (Å²) in [7, 11) is 0. The van der Waals surface area contributed by atoms with Crippen molar-refractivity contribution in [3.8, 4) is 0 Å². The van der Waals surface area contributed by atoms with Crippen molar-refractivity contribution in [2.24, 2.45) is 0 Å². The van der Waals surface area contributed by atoms with Gasteiger partial charge in [0.25, 0.3) is 0 Å². The van der Waals surface area contributed by atoms with Gasteiger partial charge in [0.1, 0.15) is 5.54 Å². The van der Waals surface area contributed by atoms with Crippen molar-refractivity contribution in [3.05, 3.63) is 35.9 Å². The number of rotatable bonds is 6. The van der Waals surface area contributed by atoms with Gasteiger partial charge in [0.2, 0.25) is 11.8 Å². The number of hydrogen-bond donors (Lipinski definition) is 3. The molecule has 6 nitrogen and oxygen atoms in total. The van der Waals surface area contributed by atoms with Crippen molar-refractivity contribution in [1.82, 2.24) is 10.6 Å². The first kappa shape index (κ1) is 17.0. The second kappa shape index (κ2) is 7.26. The molecule has 3 N–H and O–H groups in total. The average Bonchev–Trinajstić information content (AvgIpc) is 2.97. The van der Waals surface area contributed by atoms with Gasteiger partial charge < -0.3 is 15.7 Å². The van der Waals surface area contributed by atoms with E-state index < -0.39 is 17.6 Å². The Labute approximate surface area is 135 Å². The summed E-state index contributed by atoms with van der Waals surface area (Å²) in [6.45, 7) is 1.39. The van der Waals surface area contributed by atoms with Crippen LogP contribution >= 0.6 is 0 Å². The van der Waals surface area contributed by atoms with Crippen LogP contribution in [0.2, 0.25) is 0 Å². The molecule has 1 aliphatic carbocycles. The molecule has 1 aliphatic rings. The largest absolute Gasteiger partial charge is 0.480 e. The van der Waals surface area contributed by atoms with Gasteiger partial charge >= 0.3 is 5.97 Å². The predicted octanol–water partition coefficient (Wildman–Crippen LogP) is 1.77. The highest BCUT2D eigenvalue weighted by atomic mass is 16.4. The summed E-state index contributed by atoms with van der Waals surface area (Å²) in [4.78, 5) is 35.2. The summed E-state index contributed by atoms with van der Waals surface area (Å²) in [6.07, 6.45) is 2.49. The summed E-state index contributed by atoms with van der Waals surface area (Å²) in [5.41, 5.74) is -0.345. The maximum atomic E-state index is 12.3. The number of carbonyl (C=O) groups is 3. The highest BCUT2D eigenvalue weighted by Gasteiger charge is 2.42. The minimum absolute atomic E-state index is 0.0125. The third-order valence-electron chi connectivity index (χ3n) is 4.21. The highest BCUT2D eigenvalue weighted by Crippen LogP contribution is 2.30. The molecule has 1 atom stereocenters. The fraction of sp³-hybridized carbons (Fsp3) is 0.471. The van der Waals surface area contributed by atoms with Crippen LogP contribution in [-0.4, -0.2) is 28.4 Å². The van der Waals surface area contributed by atoms with Crippen molar-refractivity contribution in [2.45, 2.75) is 50.6 Å². The second-order valence-corrected chi connectivity index (χ2v) is 6.01. The Morgan fingerprint density at radius 2 is 1.78 bits per heavy atom. The van der Waals surface area contributed by atoms with Gasteiger partial charge in [-0.15, -0.1) is 0 Å². The lowest BCUT2D eigenvalue weighted by atomic mass is 9.96. The Morgan fingerprint density at radius 1 is 1.17 bits per heavy atom. The Bertz CT molecular complexity index is 580. The number of hydrogen-bond acceptors (Lipinski definition) is 3. The number of carboxylic acids is 1. The molecule has 1 aromatic rings. The van der Waals surface area contributed by atoms with E-state index in [9.17, 15) is 19.5 Å². The molecule has 0 radical (unpaired) electrons. The molecule has 0 saturated heterocycles. The minimum atomic E-state index is -1.16. The van der Waals surface area contributed by atoms with Gasteiger partial charge in [0.05, 0.1) is 12.5 Å². The number of amides is 2. The molecule has 23 heavy (non-hydrogen) atoms. The van der Waals surface area contributed by atoms with Crippen LogP contribution in [0.15, 0.2) is 30.3 Å². The number of nitrogens with one attached hydrogen (secondary N) is 2. The number of aliphatic carboxylic acids is 1. The summed E-state index contributed by atoms with van der Waals surface area (Å²) >= 11 is 0. The minimum Gasteiger partial charge on any atom is -0.480 e. The third-order valence-corrected chi connectivity index (χ3v) is 4.21. The van der Waals surface area contributed by atoms with E-state index in [4.69, 9.17) is 0 Å². The van der Waals surface area contributed by atoms with Gasteiger partial charge in [-0.3, -0.25) is 9.59 Å². The van der Waals surface area contributed by atoms with E-state index in [1.807, 2.05) is 30.3 Å². The lowest BCUT2D eigenvalue weighted by Gasteiger charge is -2.27. The fourth-order valence-corrected chi connectivity index (χ4v) is 3.06. The van der Waals surface area contributed by atoms with Crippen LogP contribution in [0.3, 0.4) is 0 Å². The molecule has 124 valence electrons. The molecule has 2 amide bonds. The molecule has 6 heteroatoms. The Kier molecular flexibility index (Phi) is 5.36. The Balaban J connectivity index is 2.08. The van der Waals surface area contributed by atoms with E-state index in [0.717, 1.165) is 18.4 Å². The molecule has 0 aromatic heterocycles. The van der Waals surface area contributed by atoms with Crippen LogP contribution in [0.25, 0.3) is 0 Å². The molecule has 2 rings (SSSR count). The molecule has 1 fully saturated rings. The van der Waals surface area contributed by atoms with Gasteiger partial charge in [-0.1, -0.05) is 43.2 Å². The molecule has 1 aromatic carbocycles. The van der Waals surface area contributed by atoms with E-state index in [2.05, 4.69) is 10.6 Å². The molecule has 1 saturated carbocycles. The van der Waals surface area contributed by atoms with Crippen molar-refractivity contribution in [1.29, 1.82) is 0 Å². The zero-order valence-electron chi connectivity index (χ0n) is 13.2. The number of benzene rings is 1.